The zero-order valence-electron chi connectivity index (χ0n) is 9.00. The molecule has 2 aliphatic carbocycles. The summed E-state index contributed by atoms with van der Waals surface area (Å²) in [6.07, 6.45) is 6.39. The quantitative estimate of drug-likeness (QED) is 0.499. The predicted molar refractivity (Wildman–Crippen MR) is 58.4 cm³/mol. The van der Waals surface area contributed by atoms with Crippen molar-refractivity contribution in [2.24, 2.45) is 11.7 Å². The van der Waals surface area contributed by atoms with Gasteiger partial charge in [0.2, 0.25) is 0 Å². The largest absolute Gasteiger partial charge is 0.386 e. The summed E-state index contributed by atoms with van der Waals surface area (Å²) < 4.78 is 0. The molecule has 2 rings (SSSR count). The van der Waals surface area contributed by atoms with Gasteiger partial charge in [0.25, 0.3) is 0 Å². The minimum atomic E-state index is 0.211. The Bertz CT molecular complexity index is 219. The number of amidine groups is 1. The van der Waals surface area contributed by atoms with E-state index in [0.717, 1.165) is 18.4 Å². The fraction of sp³-hybridized carbons (Fsp3) is 0.909. The second-order valence-electron chi connectivity index (χ2n) is 4.75. The van der Waals surface area contributed by atoms with Gasteiger partial charge >= 0.3 is 0 Å². The molecule has 3 nitrogen and oxygen atoms in total. The van der Waals surface area contributed by atoms with Gasteiger partial charge in [0, 0.05) is 12.6 Å². The highest BCUT2D eigenvalue weighted by atomic mass is 15.2. The smallest absolute Gasteiger partial charge is 0.108 e. The third-order valence-electron chi connectivity index (χ3n) is 3.33. The molecular weight excluding hydrogens is 174 g/mol. The maximum absolute atomic E-state index is 7.60. The van der Waals surface area contributed by atoms with Gasteiger partial charge in [0.05, 0.1) is 6.04 Å². The average Bonchev–Trinajstić information content (AvgIpc) is 3.00. The summed E-state index contributed by atoms with van der Waals surface area (Å²) in [5.41, 5.74) is 5.65. The Labute approximate surface area is 86.2 Å². The maximum atomic E-state index is 7.60. The van der Waals surface area contributed by atoms with Crippen LogP contribution in [0, 0.1) is 11.3 Å². The van der Waals surface area contributed by atoms with E-state index in [1.54, 1.807) is 0 Å². The van der Waals surface area contributed by atoms with Crippen LogP contribution in [0.2, 0.25) is 0 Å². The van der Waals surface area contributed by atoms with Crippen LogP contribution in [0.3, 0.4) is 0 Å². The van der Waals surface area contributed by atoms with Gasteiger partial charge in [-0.15, -0.1) is 0 Å². The molecule has 0 aromatic carbocycles. The SMILES string of the molecule is CCC(C(=N)N)N(CC1CC1)C1CC1. The molecule has 0 aromatic heterocycles. The molecule has 0 aromatic rings. The Balaban J connectivity index is 1.95. The molecule has 1 unspecified atom stereocenters. The van der Waals surface area contributed by atoms with E-state index in [9.17, 15) is 0 Å². The maximum Gasteiger partial charge on any atom is 0.108 e. The van der Waals surface area contributed by atoms with Crippen LogP contribution in [-0.2, 0) is 0 Å². The molecule has 1 atom stereocenters. The van der Waals surface area contributed by atoms with Crippen LogP contribution in [0.4, 0.5) is 0 Å². The number of rotatable bonds is 6. The van der Waals surface area contributed by atoms with Crippen molar-refractivity contribution in [1.82, 2.24) is 4.90 Å². The van der Waals surface area contributed by atoms with E-state index in [-0.39, 0.29) is 6.04 Å². The van der Waals surface area contributed by atoms with Crippen molar-refractivity contribution in [3.05, 3.63) is 0 Å². The van der Waals surface area contributed by atoms with E-state index in [1.165, 1.54) is 32.2 Å². The van der Waals surface area contributed by atoms with Crippen molar-refractivity contribution in [3.63, 3.8) is 0 Å². The van der Waals surface area contributed by atoms with Gasteiger partial charge in [-0.1, -0.05) is 6.92 Å². The van der Waals surface area contributed by atoms with Gasteiger partial charge in [-0.3, -0.25) is 10.3 Å². The second kappa shape index (κ2) is 3.89. The minimum absolute atomic E-state index is 0.211. The Morgan fingerprint density at radius 2 is 2.07 bits per heavy atom. The standard InChI is InChI=1S/C11H21N3/c1-2-10(11(12)13)14(9-5-6-9)7-8-3-4-8/h8-10H,2-7H2,1H3,(H3,12,13). The Hall–Kier alpha value is -0.570. The van der Waals surface area contributed by atoms with Crippen molar-refractivity contribution in [3.8, 4) is 0 Å². The van der Waals surface area contributed by atoms with E-state index >= 15 is 0 Å². The Kier molecular flexibility index (Phi) is 2.77. The zero-order chi connectivity index (χ0) is 10.1. The van der Waals surface area contributed by atoms with E-state index in [4.69, 9.17) is 11.1 Å². The highest BCUT2D eigenvalue weighted by Gasteiger charge is 2.37. The highest BCUT2D eigenvalue weighted by molar-refractivity contribution is 5.82. The fourth-order valence-corrected chi connectivity index (χ4v) is 2.17. The lowest BCUT2D eigenvalue weighted by atomic mass is 10.1. The molecule has 2 fully saturated rings. The number of hydrogen-bond acceptors (Lipinski definition) is 2. The van der Waals surface area contributed by atoms with Crippen molar-refractivity contribution >= 4 is 5.84 Å². The first kappa shape index (κ1) is 9.97. The summed E-state index contributed by atoms with van der Waals surface area (Å²) in [6.45, 7) is 3.32. The van der Waals surface area contributed by atoms with Crippen LogP contribution in [0.5, 0.6) is 0 Å². The topological polar surface area (TPSA) is 53.1 Å². The van der Waals surface area contributed by atoms with Crippen LogP contribution in [0.1, 0.15) is 39.0 Å². The monoisotopic (exact) mass is 195 g/mol. The van der Waals surface area contributed by atoms with Crippen LogP contribution in [-0.4, -0.2) is 29.4 Å². The van der Waals surface area contributed by atoms with Crippen LogP contribution in [0.15, 0.2) is 0 Å². The van der Waals surface area contributed by atoms with Gasteiger partial charge in [0.15, 0.2) is 0 Å². The molecule has 3 heteroatoms. The molecule has 0 saturated heterocycles. The summed E-state index contributed by atoms with van der Waals surface area (Å²) >= 11 is 0. The molecule has 0 spiro atoms. The van der Waals surface area contributed by atoms with Crippen LogP contribution >= 0.6 is 0 Å². The molecule has 3 N–H and O–H groups in total. The Morgan fingerprint density at radius 1 is 1.43 bits per heavy atom. The summed E-state index contributed by atoms with van der Waals surface area (Å²) in [4.78, 5) is 2.49. The molecule has 0 heterocycles. The molecule has 2 saturated carbocycles. The van der Waals surface area contributed by atoms with E-state index in [0.29, 0.717) is 5.84 Å². The lowest BCUT2D eigenvalue weighted by molar-refractivity contribution is 0.215. The molecule has 0 radical (unpaired) electrons. The van der Waals surface area contributed by atoms with Gasteiger partial charge in [0.1, 0.15) is 5.84 Å². The van der Waals surface area contributed by atoms with Crippen LogP contribution < -0.4 is 5.73 Å². The molecule has 0 bridgehead atoms. The van der Waals surface area contributed by atoms with Crippen molar-refractivity contribution in [1.29, 1.82) is 5.41 Å². The molecule has 2 aliphatic rings. The molecular formula is C11H21N3. The summed E-state index contributed by atoms with van der Waals surface area (Å²) in [5.74, 6) is 1.27. The lowest BCUT2D eigenvalue weighted by Crippen LogP contribution is -2.46. The van der Waals surface area contributed by atoms with E-state index in [2.05, 4.69) is 11.8 Å². The Morgan fingerprint density at radius 3 is 2.43 bits per heavy atom. The van der Waals surface area contributed by atoms with Gasteiger partial charge in [-0.2, -0.15) is 0 Å². The number of hydrogen-bond donors (Lipinski definition) is 2. The third-order valence-corrected chi connectivity index (χ3v) is 3.33. The van der Waals surface area contributed by atoms with Gasteiger partial charge in [-0.25, -0.2) is 0 Å². The first-order chi connectivity index (χ1) is 6.72. The van der Waals surface area contributed by atoms with E-state index < -0.39 is 0 Å². The zero-order valence-corrected chi connectivity index (χ0v) is 9.00. The van der Waals surface area contributed by atoms with Crippen molar-refractivity contribution in [2.45, 2.75) is 51.1 Å². The molecule has 0 aliphatic heterocycles. The van der Waals surface area contributed by atoms with E-state index in [1.807, 2.05) is 0 Å². The summed E-state index contributed by atoms with van der Waals surface area (Å²) in [6, 6.07) is 0.951. The first-order valence-corrected chi connectivity index (χ1v) is 5.82. The third kappa shape index (κ3) is 2.27. The first-order valence-electron chi connectivity index (χ1n) is 5.82. The second-order valence-corrected chi connectivity index (χ2v) is 4.75. The minimum Gasteiger partial charge on any atom is -0.386 e. The average molecular weight is 195 g/mol. The number of nitrogens with one attached hydrogen (secondary N) is 1. The van der Waals surface area contributed by atoms with Crippen LogP contribution in [0.25, 0.3) is 0 Å². The lowest BCUT2D eigenvalue weighted by Gasteiger charge is -2.30. The normalized spacial score (nSPS) is 23.9. The van der Waals surface area contributed by atoms with Gasteiger partial charge in [-0.05, 0) is 38.0 Å². The summed E-state index contributed by atoms with van der Waals surface area (Å²) in [5, 5.41) is 7.60. The molecule has 14 heavy (non-hydrogen) atoms. The predicted octanol–water partition coefficient (Wildman–Crippen LogP) is 1.58. The molecule has 0 amide bonds. The number of nitrogens with two attached hydrogens (primary N) is 1. The number of nitrogens with zero attached hydrogens (tertiary/aromatic N) is 1. The summed E-state index contributed by atoms with van der Waals surface area (Å²) in [7, 11) is 0. The highest BCUT2D eigenvalue weighted by Crippen LogP contribution is 2.36. The van der Waals surface area contributed by atoms with Crippen molar-refractivity contribution in [2.75, 3.05) is 6.54 Å². The fourth-order valence-electron chi connectivity index (χ4n) is 2.17. The molecule has 80 valence electrons. The van der Waals surface area contributed by atoms with Gasteiger partial charge < -0.3 is 5.73 Å². The van der Waals surface area contributed by atoms with Crippen molar-refractivity contribution < 1.29 is 0 Å².